The minimum atomic E-state index is -1.07. The summed E-state index contributed by atoms with van der Waals surface area (Å²) in [4.78, 5) is 26.6. The van der Waals surface area contributed by atoms with Crippen LogP contribution in [0, 0.1) is 5.82 Å². The first kappa shape index (κ1) is 12.6. The van der Waals surface area contributed by atoms with Gasteiger partial charge in [0, 0.05) is 5.56 Å². The molecule has 0 aliphatic carbocycles. The predicted molar refractivity (Wildman–Crippen MR) is 67.1 cm³/mol. The largest absolute Gasteiger partial charge is 0.490 e. The van der Waals surface area contributed by atoms with Gasteiger partial charge in [0.2, 0.25) is 5.82 Å². The zero-order valence-corrected chi connectivity index (χ0v) is 10.3. The fraction of sp³-hybridized carbons (Fsp3) is 0.231. The van der Waals surface area contributed by atoms with Gasteiger partial charge in [-0.1, -0.05) is 18.2 Å². The lowest BCUT2D eigenvalue weighted by atomic mass is 10.2. The summed E-state index contributed by atoms with van der Waals surface area (Å²) in [5.74, 6) is -0.424. The van der Waals surface area contributed by atoms with Crippen molar-refractivity contribution in [1.29, 1.82) is 0 Å². The van der Waals surface area contributed by atoms with Crippen molar-refractivity contribution in [2.75, 3.05) is 6.61 Å². The Bertz CT molecular complexity index is 726. The van der Waals surface area contributed by atoms with Crippen LogP contribution < -0.4 is 16.0 Å². The Kier molecular flexibility index (Phi) is 3.11. The fourth-order valence-corrected chi connectivity index (χ4v) is 2.05. The molecule has 1 aromatic carbocycles. The molecule has 0 fully saturated rings. The van der Waals surface area contributed by atoms with Crippen LogP contribution in [0.25, 0.3) is 0 Å². The van der Waals surface area contributed by atoms with Gasteiger partial charge in [-0.05, 0) is 6.07 Å². The average Bonchev–Trinajstić information content (AvgIpc) is 2.65. The normalized spacial score (nSPS) is 17.9. The molecule has 3 rings (SSSR count). The van der Waals surface area contributed by atoms with Crippen LogP contribution in [-0.4, -0.2) is 16.6 Å². The third-order valence-electron chi connectivity index (χ3n) is 3.04. The van der Waals surface area contributed by atoms with E-state index >= 15 is 0 Å². The number of ether oxygens (including phenoxy) is 2. The second-order valence-corrected chi connectivity index (χ2v) is 4.35. The summed E-state index contributed by atoms with van der Waals surface area (Å²) in [6.45, 7) is 0.211. The number of benzene rings is 1. The number of para-hydroxylation sites is 1. The van der Waals surface area contributed by atoms with Crippen LogP contribution in [0.2, 0.25) is 0 Å². The second-order valence-electron chi connectivity index (χ2n) is 4.35. The third kappa shape index (κ3) is 2.23. The predicted octanol–water partition coefficient (Wildman–Crippen LogP) is 0.853. The Morgan fingerprint density at radius 1 is 1.20 bits per heavy atom. The van der Waals surface area contributed by atoms with Gasteiger partial charge in [0.15, 0.2) is 0 Å². The molecule has 2 aromatic rings. The molecule has 0 saturated carbocycles. The molecule has 6 nitrogen and oxygen atoms in total. The van der Waals surface area contributed by atoms with E-state index in [2.05, 4.69) is 4.98 Å². The molecule has 0 amide bonds. The van der Waals surface area contributed by atoms with Crippen LogP contribution in [0.15, 0.2) is 33.9 Å². The smallest absolute Gasteiger partial charge is 0.326 e. The number of aromatic nitrogens is 2. The fourth-order valence-electron chi connectivity index (χ4n) is 2.05. The number of H-pyrrole nitrogens is 2. The molecule has 1 aliphatic heterocycles. The van der Waals surface area contributed by atoms with Crippen LogP contribution in [0.4, 0.5) is 4.39 Å². The van der Waals surface area contributed by atoms with Gasteiger partial charge in [-0.3, -0.25) is 9.78 Å². The minimum Gasteiger partial charge on any atom is -0.490 e. The van der Waals surface area contributed by atoms with Crippen molar-refractivity contribution in [3.05, 3.63) is 62.2 Å². The molecule has 0 saturated heterocycles. The SMILES string of the molecule is O=c1[nH]c(C2COc3ccccc3CO2)c(F)c(=O)[nH]1. The molecule has 2 heterocycles. The van der Waals surface area contributed by atoms with Crippen molar-refractivity contribution in [2.45, 2.75) is 12.7 Å². The second kappa shape index (κ2) is 4.93. The quantitative estimate of drug-likeness (QED) is 0.810. The summed E-state index contributed by atoms with van der Waals surface area (Å²) in [6, 6.07) is 7.25. The molecule has 0 bridgehead atoms. The number of nitrogens with one attached hydrogen (secondary N) is 2. The maximum atomic E-state index is 13.8. The molecule has 20 heavy (non-hydrogen) atoms. The van der Waals surface area contributed by atoms with Gasteiger partial charge < -0.3 is 14.5 Å². The van der Waals surface area contributed by atoms with Gasteiger partial charge >= 0.3 is 5.69 Å². The van der Waals surface area contributed by atoms with E-state index < -0.39 is 23.2 Å². The maximum absolute atomic E-state index is 13.8. The molecule has 1 aliphatic rings. The average molecular weight is 278 g/mol. The lowest BCUT2D eigenvalue weighted by Crippen LogP contribution is -2.30. The molecule has 1 atom stereocenters. The lowest BCUT2D eigenvalue weighted by molar-refractivity contribution is 0.0166. The highest BCUT2D eigenvalue weighted by atomic mass is 19.1. The van der Waals surface area contributed by atoms with Crippen molar-refractivity contribution >= 4 is 0 Å². The number of fused-ring (bicyclic) bond motifs is 1. The highest BCUT2D eigenvalue weighted by Crippen LogP contribution is 2.28. The molecular weight excluding hydrogens is 267 g/mol. The molecule has 1 aromatic heterocycles. The number of rotatable bonds is 1. The third-order valence-corrected chi connectivity index (χ3v) is 3.04. The highest BCUT2D eigenvalue weighted by Gasteiger charge is 2.24. The first-order chi connectivity index (χ1) is 9.65. The van der Waals surface area contributed by atoms with Gasteiger partial charge in [-0.15, -0.1) is 0 Å². The zero-order valence-electron chi connectivity index (χ0n) is 10.3. The Morgan fingerprint density at radius 2 is 2.00 bits per heavy atom. The van der Waals surface area contributed by atoms with Crippen molar-refractivity contribution in [3.63, 3.8) is 0 Å². The standard InChI is InChI=1S/C13H11FN2O4/c14-10-11(15-13(18)16-12(10)17)9-6-20-8-4-2-1-3-7(8)5-19-9/h1-4,9H,5-6H2,(H2,15,16,17,18). The van der Waals surface area contributed by atoms with E-state index in [4.69, 9.17) is 9.47 Å². The Morgan fingerprint density at radius 3 is 2.85 bits per heavy atom. The highest BCUT2D eigenvalue weighted by molar-refractivity contribution is 5.33. The Labute approximate surface area is 112 Å². The summed E-state index contributed by atoms with van der Waals surface area (Å²) in [7, 11) is 0. The van der Waals surface area contributed by atoms with Crippen LogP contribution >= 0.6 is 0 Å². The van der Waals surface area contributed by atoms with Crippen LogP contribution in [0.1, 0.15) is 17.4 Å². The molecule has 104 valence electrons. The summed E-state index contributed by atoms with van der Waals surface area (Å²) < 4.78 is 24.8. The molecular formula is C13H11FN2O4. The summed E-state index contributed by atoms with van der Waals surface area (Å²) in [5.41, 5.74) is -1.24. The molecule has 0 spiro atoms. The van der Waals surface area contributed by atoms with E-state index in [1.165, 1.54) is 0 Å². The lowest BCUT2D eigenvalue weighted by Gasteiger charge is -2.14. The summed E-state index contributed by atoms with van der Waals surface area (Å²) in [6.07, 6.45) is -0.850. The molecule has 2 N–H and O–H groups in total. The van der Waals surface area contributed by atoms with E-state index in [9.17, 15) is 14.0 Å². The van der Waals surface area contributed by atoms with Crippen LogP contribution in [0.3, 0.4) is 0 Å². The van der Waals surface area contributed by atoms with E-state index in [1.807, 2.05) is 23.2 Å². The molecule has 7 heteroatoms. The number of hydrogen-bond donors (Lipinski definition) is 2. The Balaban J connectivity index is 1.95. The van der Waals surface area contributed by atoms with E-state index in [1.54, 1.807) is 6.07 Å². The van der Waals surface area contributed by atoms with Crippen molar-refractivity contribution < 1.29 is 13.9 Å². The van der Waals surface area contributed by atoms with Gasteiger partial charge in [0.05, 0.1) is 12.3 Å². The van der Waals surface area contributed by atoms with Crippen molar-refractivity contribution in [2.24, 2.45) is 0 Å². The molecule has 0 radical (unpaired) electrons. The first-order valence-corrected chi connectivity index (χ1v) is 5.99. The van der Waals surface area contributed by atoms with E-state index in [0.717, 1.165) is 5.56 Å². The Hall–Kier alpha value is -2.41. The molecule has 1 unspecified atom stereocenters. The summed E-state index contributed by atoms with van der Waals surface area (Å²) in [5, 5.41) is 0. The van der Waals surface area contributed by atoms with Gasteiger partial charge in [-0.25, -0.2) is 4.79 Å². The topological polar surface area (TPSA) is 84.2 Å². The minimum absolute atomic E-state index is 0.00727. The number of halogens is 1. The first-order valence-electron chi connectivity index (χ1n) is 5.99. The van der Waals surface area contributed by atoms with E-state index in [0.29, 0.717) is 5.75 Å². The van der Waals surface area contributed by atoms with Crippen molar-refractivity contribution in [3.8, 4) is 5.75 Å². The van der Waals surface area contributed by atoms with E-state index in [-0.39, 0.29) is 18.9 Å². The van der Waals surface area contributed by atoms with Crippen molar-refractivity contribution in [1.82, 2.24) is 9.97 Å². The monoisotopic (exact) mass is 278 g/mol. The van der Waals surface area contributed by atoms with Crippen LogP contribution in [0.5, 0.6) is 5.75 Å². The zero-order chi connectivity index (χ0) is 14.1. The van der Waals surface area contributed by atoms with Crippen LogP contribution in [-0.2, 0) is 11.3 Å². The number of hydrogen-bond acceptors (Lipinski definition) is 4. The number of aromatic amines is 2. The van der Waals surface area contributed by atoms with Gasteiger partial charge in [-0.2, -0.15) is 4.39 Å². The summed E-state index contributed by atoms with van der Waals surface area (Å²) >= 11 is 0. The van der Waals surface area contributed by atoms with Gasteiger partial charge in [0.1, 0.15) is 18.5 Å². The maximum Gasteiger partial charge on any atom is 0.326 e. The van der Waals surface area contributed by atoms with Gasteiger partial charge in [0.25, 0.3) is 5.56 Å².